The molecule has 0 aromatic carbocycles. The molecule has 0 spiro atoms. The maximum atomic E-state index is 10.1. The van der Waals surface area contributed by atoms with Crippen molar-refractivity contribution < 1.29 is 4.79 Å². The van der Waals surface area contributed by atoms with Crippen molar-refractivity contribution in [3.63, 3.8) is 0 Å². The summed E-state index contributed by atoms with van der Waals surface area (Å²) < 4.78 is 0. The number of amides is 1. The van der Waals surface area contributed by atoms with E-state index >= 15 is 0 Å². The molecule has 0 aliphatic heterocycles. The first kappa shape index (κ1) is 11.0. The molecule has 0 fully saturated rings. The monoisotopic (exact) mass is 131 g/mol. The molecule has 0 atom stereocenters. The molecular formula is C5H13N3O. The van der Waals surface area contributed by atoms with E-state index in [1.165, 1.54) is 6.92 Å². The molecule has 0 heterocycles. The van der Waals surface area contributed by atoms with Crippen LogP contribution in [0.3, 0.4) is 0 Å². The molecule has 0 bridgehead atoms. The van der Waals surface area contributed by atoms with Crippen LogP contribution in [0.5, 0.6) is 0 Å². The van der Waals surface area contributed by atoms with Gasteiger partial charge in [-0.25, -0.2) is 5.84 Å². The summed E-state index contributed by atoms with van der Waals surface area (Å²) in [6.45, 7) is 5.36. The van der Waals surface area contributed by atoms with Gasteiger partial charge in [-0.05, 0) is 6.92 Å². The van der Waals surface area contributed by atoms with Gasteiger partial charge in [0.1, 0.15) is 0 Å². The summed E-state index contributed by atoms with van der Waals surface area (Å²) in [4.78, 5) is 10.1. The number of nitrogens with two attached hydrogens (primary N) is 1. The van der Waals surface area contributed by atoms with Gasteiger partial charge in [0.05, 0.1) is 5.71 Å². The first-order chi connectivity index (χ1) is 4.18. The van der Waals surface area contributed by atoms with Crippen molar-refractivity contribution in [1.29, 1.82) is 5.41 Å². The van der Waals surface area contributed by atoms with Gasteiger partial charge in [0, 0.05) is 0 Å². The van der Waals surface area contributed by atoms with Crippen LogP contribution in [0.15, 0.2) is 0 Å². The lowest BCUT2D eigenvalue weighted by molar-refractivity contribution is -0.114. The van der Waals surface area contributed by atoms with E-state index in [1.807, 2.05) is 13.8 Å². The quantitative estimate of drug-likeness (QED) is 0.203. The Morgan fingerprint density at radius 2 is 1.89 bits per heavy atom. The lowest BCUT2D eigenvalue weighted by Gasteiger charge is -1.90. The first-order valence-corrected chi connectivity index (χ1v) is 2.74. The van der Waals surface area contributed by atoms with Crippen molar-refractivity contribution in [3.05, 3.63) is 0 Å². The van der Waals surface area contributed by atoms with E-state index in [0.717, 1.165) is 0 Å². The zero-order chi connectivity index (χ0) is 7.86. The van der Waals surface area contributed by atoms with E-state index in [1.54, 1.807) is 5.43 Å². The zero-order valence-electron chi connectivity index (χ0n) is 5.99. The number of nitrogens with one attached hydrogen (secondary N) is 2. The van der Waals surface area contributed by atoms with Gasteiger partial charge >= 0.3 is 0 Å². The first-order valence-electron chi connectivity index (χ1n) is 2.74. The van der Waals surface area contributed by atoms with E-state index in [0.29, 0.717) is 0 Å². The molecule has 54 valence electrons. The van der Waals surface area contributed by atoms with Crippen LogP contribution < -0.4 is 11.3 Å². The van der Waals surface area contributed by atoms with E-state index < -0.39 is 5.91 Å². The van der Waals surface area contributed by atoms with Crippen molar-refractivity contribution >= 4 is 11.6 Å². The van der Waals surface area contributed by atoms with Crippen LogP contribution in [0.1, 0.15) is 20.8 Å². The van der Waals surface area contributed by atoms with Crippen LogP contribution in [0.2, 0.25) is 0 Å². The van der Waals surface area contributed by atoms with Gasteiger partial charge in [0.15, 0.2) is 0 Å². The van der Waals surface area contributed by atoms with Crippen LogP contribution >= 0.6 is 0 Å². The van der Waals surface area contributed by atoms with Gasteiger partial charge in [0.25, 0.3) is 5.91 Å². The molecule has 1 amide bonds. The summed E-state index contributed by atoms with van der Waals surface area (Å²) in [7, 11) is 0. The highest BCUT2D eigenvalue weighted by Gasteiger charge is 1.95. The largest absolute Gasteiger partial charge is 0.300 e. The third-order valence-corrected chi connectivity index (χ3v) is 0.472. The van der Waals surface area contributed by atoms with Crippen LogP contribution in [0.4, 0.5) is 0 Å². The van der Waals surface area contributed by atoms with Crippen molar-refractivity contribution in [3.8, 4) is 0 Å². The molecule has 0 aromatic rings. The standard InChI is InChI=1S/C3H7N3O.C2H6/c1-2(4)3(7)6-5;1-2/h4H,5H2,1H3,(H,6,7);1-2H3. The lowest BCUT2D eigenvalue weighted by atomic mass is 10.4. The van der Waals surface area contributed by atoms with E-state index in [4.69, 9.17) is 5.41 Å². The topological polar surface area (TPSA) is 79.0 Å². The lowest BCUT2D eigenvalue weighted by Crippen LogP contribution is -2.34. The average Bonchev–Trinajstić information content (AvgIpc) is 1.91. The Balaban J connectivity index is 0. The number of hydrogen-bond donors (Lipinski definition) is 3. The average molecular weight is 131 g/mol. The zero-order valence-corrected chi connectivity index (χ0v) is 5.99. The van der Waals surface area contributed by atoms with Gasteiger partial charge in [0.2, 0.25) is 0 Å². The number of carbonyl (C=O) groups excluding carboxylic acids is 1. The molecule has 0 saturated carbocycles. The molecule has 4 heteroatoms. The molecule has 4 nitrogen and oxygen atoms in total. The van der Waals surface area contributed by atoms with Gasteiger partial charge in [-0.15, -0.1) is 0 Å². The van der Waals surface area contributed by atoms with Crippen LogP contribution in [0, 0.1) is 5.41 Å². The van der Waals surface area contributed by atoms with E-state index in [9.17, 15) is 4.79 Å². The van der Waals surface area contributed by atoms with Crippen LogP contribution in [0.25, 0.3) is 0 Å². The van der Waals surface area contributed by atoms with Crippen molar-refractivity contribution in [2.24, 2.45) is 5.84 Å². The molecular weight excluding hydrogens is 118 g/mol. The summed E-state index contributed by atoms with van der Waals surface area (Å²) in [6.07, 6.45) is 0. The van der Waals surface area contributed by atoms with Crippen molar-refractivity contribution in [2.75, 3.05) is 0 Å². The fraction of sp³-hybridized carbons (Fsp3) is 0.600. The molecule has 4 N–H and O–H groups in total. The van der Waals surface area contributed by atoms with E-state index in [2.05, 4.69) is 5.84 Å². The third kappa shape index (κ3) is 7.10. The Labute approximate surface area is 54.9 Å². The molecule has 0 rings (SSSR count). The van der Waals surface area contributed by atoms with Crippen LogP contribution in [-0.2, 0) is 4.79 Å². The summed E-state index contributed by atoms with van der Waals surface area (Å²) >= 11 is 0. The third-order valence-electron chi connectivity index (χ3n) is 0.472. The molecule has 0 aliphatic carbocycles. The highest BCUT2D eigenvalue weighted by Crippen LogP contribution is 1.63. The van der Waals surface area contributed by atoms with Crippen molar-refractivity contribution in [2.45, 2.75) is 20.8 Å². The number of carbonyl (C=O) groups is 1. The maximum Gasteiger partial charge on any atom is 0.278 e. The molecule has 0 unspecified atom stereocenters. The van der Waals surface area contributed by atoms with Gasteiger partial charge in [-0.1, -0.05) is 13.8 Å². The number of hydrogen-bond acceptors (Lipinski definition) is 3. The molecule has 0 aromatic heterocycles. The Morgan fingerprint density at radius 3 is 1.89 bits per heavy atom. The molecule has 0 saturated heterocycles. The minimum absolute atomic E-state index is 0.0810. The minimum Gasteiger partial charge on any atom is -0.300 e. The summed E-state index contributed by atoms with van der Waals surface area (Å²) in [6, 6.07) is 0. The Morgan fingerprint density at radius 1 is 1.56 bits per heavy atom. The second-order valence-corrected chi connectivity index (χ2v) is 1.10. The predicted molar refractivity (Wildman–Crippen MR) is 37.1 cm³/mol. The smallest absolute Gasteiger partial charge is 0.278 e. The predicted octanol–water partition coefficient (Wildman–Crippen LogP) is 0.0422. The van der Waals surface area contributed by atoms with Gasteiger partial charge in [-0.2, -0.15) is 0 Å². The van der Waals surface area contributed by atoms with Crippen LogP contribution in [-0.4, -0.2) is 11.6 Å². The number of rotatable bonds is 1. The molecule has 0 aliphatic rings. The summed E-state index contributed by atoms with van der Waals surface area (Å²) in [5.74, 6) is 4.09. The fourth-order valence-corrected chi connectivity index (χ4v) is 0.108. The summed E-state index contributed by atoms with van der Waals surface area (Å²) in [5.41, 5.74) is 1.72. The maximum absolute atomic E-state index is 10.1. The number of hydrazine groups is 1. The minimum atomic E-state index is -0.542. The Kier molecular flexibility index (Phi) is 8.66. The second kappa shape index (κ2) is 7.10. The summed E-state index contributed by atoms with van der Waals surface area (Å²) in [5, 5.41) is 6.61. The molecule has 9 heavy (non-hydrogen) atoms. The molecule has 0 radical (unpaired) electrons. The highest BCUT2D eigenvalue weighted by molar-refractivity contribution is 6.36. The Hall–Kier alpha value is -0.900. The fourth-order valence-electron chi connectivity index (χ4n) is 0.108. The Bertz CT molecular complexity index is 100. The SMILES string of the molecule is CC.CC(=N)C(=O)NN. The second-order valence-electron chi connectivity index (χ2n) is 1.10. The van der Waals surface area contributed by atoms with Crippen molar-refractivity contribution in [1.82, 2.24) is 5.43 Å². The highest BCUT2D eigenvalue weighted by atomic mass is 16.2. The van der Waals surface area contributed by atoms with Gasteiger partial charge in [-0.3, -0.25) is 15.6 Å². The van der Waals surface area contributed by atoms with E-state index in [-0.39, 0.29) is 5.71 Å². The normalized spacial score (nSPS) is 6.67. The van der Waals surface area contributed by atoms with Gasteiger partial charge < -0.3 is 0 Å².